The number of amides is 2. The zero-order valence-corrected chi connectivity index (χ0v) is 17.2. The Kier molecular flexibility index (Phi) is 7.22. The first kappa shape index (κ1) is 20.8. The molecule has 1 saturated carbocycles. The Hall–Kier alpha value is -2.89. The number of nitrogens with one attached hydrogen (secondary N) is 2. The summed E-state index contributed by atoms with van der Waals surface area (Å²) >= 11 is 0. The Balaban J connectivity index is 1.41. The molecule has 1 aromatic heterocycles. The Bertz CT molecular complexity index is 815. The van der Waals surface area contributed by atoms with Crippen LogP contribution in [0.3, 0.4) is 0 Å². The number of benzene rings is 1. The molecule has 1 heterocycles. The maximum atomic E-state index is 12.6. The standard InChI is InChI=1S/C23H30N4O2/c1-27(2)21-5-3-4-19(16-21)23(29)26-20-8-6-18(7-9-20)22(28)25-15-12-17-10-13-24-14-11-17/h3-5,10-11,13-14,16,18,20H,6-9,12,15H2,1-2H3,(H,25,28)(H,26,29). The molecule has 1 aliphatic rings. The maximum absolute atomic E-state index is 12.6. The molecule has 3 rings (SSSR count). The average molecular weight is 395 g/mol. The highest BCUT2D eigenvalue weighted by atomic mass is 16.2. The van der Waals surface area contributed by atoms with Crippen LogP contribution in [0.1, 0.15) is 41.6 Å². The van der Waals surface area contributed by atoms with Gasteiger partial charge in [0, 0.05) is 56.2 Å². The molecular weight excluding hydrogens is 364 g/mol. The van der Waals surface area contributed by atoms with E-state index < -0.39 is 0 Å². The quantitative estimate of drug-likeness (QED) is 0.757. The van der Waals surface area contributed by atoms with Crippen LogP contribution < -0.4 is 15.5 Å². The van der Waals surface area contributed by atoms with Crippen LogP contribution in [-0.2, 0) is 11.2 Å². The van der Waals surface area contributed by atoms with E-state index in [-0.39, 0.29) is 23.8 Å². The zero-order valence-electron chi connectivity index (χ0n) is 17.2. The molecule has 2 aromatic rings. The van der Waals surface area contributed by atoms with E-state index in [2.05, 4.69) is 15.6 Å². The van der Waals surface area contributed by atoms with Gasteiger partial charge in [-0.3, -0.25) is 14.6 Å². The molecule has 1 aromatic carbocycles. The van der Waals surface area contributed by atoms with E-state index >= 15 is 0 Å². The van der Waals surface area contributed by atoms with Gasteiger partial charge >= 0.3 is 0 Å². The normalized spacial score (nSPS) is 18.7. The van der Waals surface area contributed by atoms with E-state index in [1.165, 1.54) is 5.56 Å². The number of anilines is 1. The molecule has 154 valence electrons. The average Bonchev–Trinajstić information content (AvgIpc) is 2.75. The summed E-state index contributed by atoms with van der Waals surface area (Å²) in [6, 6.07) is 11.7. The predicted molar refractivity (Wildman–Crippen MR) is 115 cm³/mol. The lowest BCUT2D eigenvalue weighted by atomic mass is 9.85. The van der Waals surface area contributed by atoms with Crippen LogP contribution in [0.15, 0.2) is 48.8 Å². The molecule has 1 fully saturated rings. The molecule has 0 aliphatic heterocycles. The van der Waals surface area contributed by atoms with Crippen LogP contribution in [0.25, 0.3) is 0 Å². The first-order valence-corrected chi connectivity index (χ1v) is 10.3. The SMILES string of the molecule is CN(C)c1cccc(C(=O)NC2CCC(C(=O)NCCc3ccncc3)CC2)c1. The van der Waals surface area contributed by atoms with Crippen molar-refractivity contribution in [1.82, 2.24) is 15.6 Å². The molecule has 0 saturated heterocycles. The van der Waals surface area contributed by atoms with Crippen LogP contribution in [0.4, 0.5) is 5.69 Å². The van der Waals surface area contributed by atoms with Crippen molar-refractivity contribution in [3.63, 3.8) is 0 Å². The zero-order chi connectivity index (χ0) is 20.6. The Morgan fingerprint density at radius 3 is 2.48 bits per heavy atom. The smallest absolute Gasteiger partial charge is 0.251 e. The number of hydrogen-bond acceptors (Lipinski definition) is 4. The molecule has 2 amide bonds. The third kappa shape index (κ3) is 6.04. The molecule has 6 nitrogen and oxygen atoms in total. The Morgan fingerprint density at radius 1 is 1.07 bits per heavy atom. The van der Waals surface area contributed by atoms with Gasteiger partial charge in [-0.2, -0.15) is 0 Å². The summed E-state index contributed by atoms with van der Waals surface area (Å²) in [5.74, 6) is 0.124. The summed E-state index contributed by atoms with van der Waals surface area (Å²) in [7, 11) is 3.92. The highest BCUT2D eigenvalue weighted by molar-refractivity contribution is 5.95. The third-order valence-corrected chi connectivity index (χ3v) is 5.52. The van der Waals surface area contributed by atoms with Gasteiger partial charge in [-0.1, -0.05) is 6.07 Å². The molecule has 2 N–H and O–H groups in total. The monoisotopic (exact) mass is 394 g/mol. The first-order chi connectivity index (χ1) is 14.0. The summed E-state index contributed by atoms with van der Waals surface area (Å²) in [5, 5.41) is 6.18. The Labute approximate surface area is 172 Å². The van der Waals surface area contributed by atoms with E-state index in [1.807, 2.05) is 55.4 Å². The summed E-state index contributed by atoms with van der Waals surface area (Å²) < 4.78 is 0. The van der Waals surface area contributed by atoms with Crippen LogP contribution in [0.2, 0.25) is 0 Å². The molecule has 29 heavy (non-hydrogen) atoms. The molecule has 0 radical (unpaired) electrons. The molecule has 6 heteroatoms. The van der Waals surface area contributed by atoms with Gasteiger partial charge < -0.3 is 15.5 Å². The highest BCUT2D eigenvalue weighted by Crippen LogP contribution is 2.25. The van der Waals surface area contributed by atoms with Gasteiger partial charge in [0.25, 0.3) is 5.91 Å². The number of aromatic nitrogens is 1. The third-order valence-electron chi connectivity index (χ3n) is 5.52. The largest absolute Gasteiger partial charge is 0.378 e. The van der Waals surface area contributed by atoms with Crippen molar-refractivity contribution in [2.75, 3.05) is 25.5 Å². The van der Waals surface area contributed by atoms with E-state index in [4.69, 9.17) is 0 Å². The molecule has 0 bridgehead atoms. The number of carbonyl (C=O) groups excluding carboxylic acids is 2. The lowest BCUT2D eigenvalue weighted by Crippen LogP contribution is -2.41. The van der Waals surface area contributed by atoms with Crippen molar-refractivity contribution in [2.24, 2.45) is 5.92 Å². The predicted octanol–water partition coefficient (Wildman–Crippen LogP) is 2.80. The van der Waals surface area contributed by atoms with Crippen molar-refractivity contribution < 1.29 is 9.59 Å². The summed E-state index contributed by atoms with van der Waals surface area (Å²) in [6.07, 6.45) is 7.63. The van der Waals surface area contributed by atoms with E-state index in [1.54, 1.807) is 12.4 Å². The van der Waals surface area contributed by atoms with Gasteiger partial charge in [-0.25, -0.2) is 0 Å². The Morgan fingerprint density at radius 2 is 1.79 bits per heavy atom. The molecule has 0 atom stereocenters. The molecular formula is C23H30N4O2. The molecule has 0 spiro atoms. The van der Waals surface area contributed by atoms with E-state index in [0.717, 1.165) is 37.8 Å². The summed E-state index contributed by atoms with van der Waals surface area (Å²) in [5.41, 5.74) is 2.85. The van der Waals surface area contributed by atoms with Gasteiger partial charge in [0.05, 0.1) is 0 Å². The van der Waals surface area contributed by atoms with Crippen molar-refractivity contribution in [3.8, 4) is 0 Å². The number of rotatable bonds is 7. The number of pyridine rings is 1. The number of hydrogen-bond donors (Lipinski definition) is 2. The minimum absolute atomic E-state index is 0.0395. The van der Waals surface area contributed by atoms with Gasteiger partial charge in [0.15, 0.2) is 0 Å². The van der Waals surface area contributed by atoms with Gasteiger partial charge in [-0.15, -0.1) is 0 Å². The lowest BCUT2D eigenvalue weighted by Gasteiger charge is -2.28. The second kappa shape index (κ2) is 10.0. The topological polar surface area (TPSA) is 74.3 Å². The minimum atomic E-state index is -0.0426. The molecule has 1 aliphatic carbocycles. The van der Waals surface area contributed by atoms with Crippen LogP contribution in [0, 0.1) is 5.92 Å². The van der Waals surface area contributed by atoms with Gasteiger partial charge in [0.1, 0.15) is 0 Å². The first-order valence-electron chi connectivity index (χ1n) is 10.3. The van der Waals surface area contributed by atoms with Gasteiger partial charge in [-0.05, 0) is 68.0 Å². The summed E-state index contributed by atoms with van der Waals surface area (Å²) in [4.78, 5) is 31.0. The van der Waals surface area contributed by atoms with Crippen LogP contribution in [-0.4, -0.2) is 43.5 Å². The fourth-order valence-corrected chi connectivity index (χ4v) is 3.72. The van der Waals surface area contributed by atoms with Crippen molar-refractivity contribution in [1.29, 1.82) is 0 Å². The summed E-state index contributed by atoms with van der Waals surface area (Å²) in [6.45, 7) is 0.641. The van der Waals surface area contributed by atoms with E-state index in [0.29, 0.717) is 12.1 Å². The van der Waals surface area contributed by atoms with Crippen molar-refractivity contribution >= 4 is 17.5 Å². The second-order valence-corrected chi connectivity index (χ2v) is 7.86. The number of carbonyl (C=O) groups is 2. The lowest BCUT2D eigenvalue weighted by molar-refractivity contribution is -0.126. The fraction of sp³-hybridized carbons (Fsp3) is 0.435. The maximum Gasteiger partial charge on any atom is 0.251 e. The van der Waals surface area contributed by atoms with Gasteiger partial charge in [0.2, 0.25) is 5.91 Å². The van der Waals surface area contributed by atoms with Crippen LogP contribution in [0.5, 0.6) is 0 Å². The minimum Gasteiger partial charge on any atom is -0.378 e. The molecule has 0 unspecified atom stereocenters. The van der Waals surface area contributed by atoms with Crippen molar-refractivity contribution in [3.05, 3.63) is 59.9 Å². The highest BCUT2D eigenvalue weighted by Gasteiger charge is 2.27. The second-order valence-electron chi connectivity index (χ2n) is 7.86. The van der Waals surface area contributed by atoms with Crippen molar-refractivity contribution in [2.45, 2.75) is 38.1 Å². The van der Waals surface area contributed by atoms with Crippen LogP contribution >= 0.6 is 0 Å². The van der Waals surface area contributed by atoms with E-state index in [9.17, 15) is 9.59 Å². The number of nitrogens with zero attached hydrogens (tertiary/aromatic N) is 2. The fourth-order valence-electron chi connectivity index (χ4n) is 3.72.